The zero-order valence-electron chi connectivity index (χ0n) is 20.4. The molecule has 3 heterocycles. The third-order valence-electron chi connectivity index (χ3n) is 6.53. The number of sulfonamides is 1. The van der Waals surface area contributed by atoms with Crippen molar-refractivity contribution in [3.63, 3.8) is 0 Å². The van der Waals surface area contributed by atoms with Gasteiger partial charge < -0.3 is 20.5 Å². The van der Waals surface area contributed by atoms with Gasteiger partial charge in [-0.2, -0.15) is 4.31 Å². The summed E-state index contributed by atoms with van der Waals surface area (Å²) in [5.41, 5.74) is 1.53. The average Bonchev–Trinajstić information content (AvgIpc) is 3.26. The van der Waals surface area contributed by atoms with Gasteiger partial charge in [0.05, 0.1) is 23.7 Å². The number of carbonyl (C=O) groups excluding carboxylic acids is 1. The van der Waals surface area contributed by atoms with Crippen LogP contribution in [0.2, 0.25) is 0 Å². The maximum absolute atomic E-state index is 13.5. The molecule has 1 saturated heterocycles. The van der Waals surface area contributed by atoms with E-state index in [1.807, 2.05) is 18.0 Å². The van der Waals surface area contributed by atoms with Crippen LogP contribution >= 0.6 is 0 Å². The molecule has 1 fully saturated rings. The van der Waals surface area contributed by atoms with Gasteiger partial charge >= 0.3 is 0 Å². The Hall–Kier alpha value is -2.47. The molecule has 192 valence electrons. The minimum Gasteiger partial charge on any atom is -0.493 e. The summed E-state index contributed by atoms with van der Waals surface area (Å²) in [7, 11) is -3.75. The molecule has 2 atom stereocenters. The number of β-amino-alcohol motifs (C(OH)–C–C–N with tert-alkyl or cyclic N) is 1. The Bertz CT molecular complexity index is 1100. The fourth-order valence-corrected chi connectivity index (χ4v) is 6.10. The molecule has 0 aromatic heterocycles. The van der Waals surface area contributed by atoms with Crippen molar-refractivity contribution in [2.45, 2.75) is 50.1 Å². The largest absolute Gasteiger partial charge is 0.493 e. The van der Waals surface area contributed by atoms with Crippen molar-refractivity contribution in [1.29, 1.82) is 0 Å². The van der Waals surface area contributed by atoms with Crippen LogP contribution in [0.4, 0.5) is 0 Å². The van der Waals surface area contributed by atoms with Crippen molar-refractivity contribution in [3.8, 4) is 5.75 Å². The molecule has 3 aliphatic rings. The van der Waals surface area contributed by atoms with E-state index in [0.717, 1.165) is 24.8 Å². The average molecular weight is 506 g/mol. The molecule has 2 unspecified atom stereocenters. The number of aliphatic imine (C=N–C) groups is 1. The van der Waals surface area contributed by atoms with E-state index in [-0.39, 0.29) is 23.5 Å². The molecule has 0 radical (unpaired) electrons. The van der Waals surface area contributed by atoms with Gasteiger partial charge in [0.1, 0.15) is 23.7 Å². The molecule has 0 spiro atoms. The number of hydrogen-bond donors (Lipinski definition) is 3. The predicted molar refractivity (Wildman–Crippen MR) is 133 cm³/mol. The molecule has 11 heteroatoms. The second kappa shape index (κ2) is 11.1. The zero-order valence-corrected chi connectivity index (χ0v) is 21.2. The fraction of sp³-hybridized carbons (Fsp3) is 0.583. The number of amides is 1. The van der Waals surface area contributed by atoms with Gasteiger partial charge in [0.2, 0.25) is 10.0 Å². The minimum absolute atomic E-state index is 0.0513. The molecular weight excluding hydrogens is 470 g/mol. The Labute approximate surface area is 207 Å². The summed E-state index contributed by atoms with van der Waals surface area (Å²) < 4.78 is 34.3. The number of aliphatic hydroxyl groups is 1. The number of nitrogens with zero attached hydrogens (tertiary/aromatic N) is 3. The Morgan fingerprint density at radius 3 is 2.63 bits per heavy atom. The van der Waals surface area contributed by atoms with Crippen LogP contribution in [-0.2, 0) is 14.8 Å². The maximum atomic E-state index is 13.5. The number of nitrogens with one attached hydrogen (secondary N) is 2. The number of ether oxygens (including phenoxy) is 1. The SMILES string of the molecule is CCCOc1ccc(S(=O)(=O)N2CCN(CCO)CC2)cc1C1=NC2C(CCC)=CNC2C(=O)N1. The first-order valence-electron chi connectivity index (χ1n) is 12.3. The number of fused-ring (bicyclic) bond motifs is 1. The molecule has 35 heavy (non-hydrogen) atoms. The maximum Gasteiger partial charge on any atom is 0.250 e. The van der Waals surface area contributed by atoms with Gasteiger partial charge in [-0.3, -0.25) is 14.7 Å². The summed E-state index contributed by atoms with van der Waals surface area (Å²) in [6.45, 7) is 6.95. The summed E-state index contributed by atoms with van der Waals surface area (Å²) in [5.74, 6) is 0.623. The Kier molecular flexibility index (Phi) is 8.10. The quantitative estimate of drug-likeness (QED) is 0.427. The molecular formula is C24H35N5O5S. The first kappa shape index (κ1) is 25.6. The van der Waals surface area contributed by atoms with E-state index in [2.05, 4.69) is 17.6 Å². The van der Waals surface area contributed by atoms with Gasteiger partial charge in [0, 0.05) is 32.7 Å². The third kappa shape index (κ3) is 5.37. The smallest absolute Gasteiger partial charge is 0.250 e. The molecule has 0 saturated carbocycles. The molecule has 0 aliphatic carbocycles. The van der Waals surface area contributed by atoms with Gasteiger partial charge in [-0.05, 0) is 42.8 Å². The molecule has 1 aromatic carbocycles. The van der Waals surface area contributed by atoms with Crippen LogP contribution in [0.25, 0.3) is 0 Å². The molecule has 1 amide bonds. The highest BCUT2D eigenvalue weighted by Gasteiger charge is 2.39. The summed E-state index contributed by atoms with van der Waals surface area (Å²) in [5, 5.41) is 15.1. The van der Waals surface area contributed by atoms with Crippen LogP contribution in [0.5, 0.6) is 5.75 Å². The topological polar surface area (TPSA) is 124 Å². The van der Waals surface area contributed by atoms with Gasteiger partial charge in [-0.25, -0.2) is 8.42 Å². The molecule has 3 N–H and O–H groups in total. The van der Waals surface area contributed by atoms with E-state index in [1.54, 1.807) is 18.2 Å². The van der Waals surface area contributed by atoms with Gasteiger partial charge in [-0.1, -0.05) is 20.3 Å². The predicted octanol–water partition coefficient (Wildman–Crippen LogP) is 0.675. The lowest BCUT2D eigenvalue weighted by Crippen LogP contribution is -2.52. The van der Waals surface area contributed by atoms with Crippen molar-refractivity contribution in [1.82, 2.24) is 19.8 Å². The van der Waals surface area contributed by atoms with Crippen molar-refractivity contribution in [3.05, 3.63) is 35.5 Å². The molecule has 1 aromatic rings. The van der Waals surface area contributed by atoms with Crippen LogP contribution in [0.15, 0.2) is 39.9 Å². The molecule has 4 rings (SSSR count). The number of benzene rings is 1. The van der Waals surface area contributed by atoms with Gasteiger partial charge in [0.15, 0.2) is 0 Å². The van der Waals surface area contributed by atoms with E-state index in [1.165, 1.54) is 4.31 Å². The van der Waals surface area contributed by atoms with Crippen LogP contribution in [0, 0.1) is 0 Å². The van der Waals surface area contributed by atoms with Crippen LogP contribution in [0.3, 0.4) is 0 Å². The standard InChI is InChI=1S/C24H35N5O5S/c1-3-5-17-16-25-22-21(17)26-23(27-24(22)31)19-15-18(6-7-20(19)34-14-4-2)35(32,33)29-10-8-28(9-11-29)12-13-30/h6-7,15-16,21-22,25,30H,3-5,8-14H2,1-2H3,(H,26,27,31). The highest BCUT2D eigenvalue weighted by molar-refractivity contribution is 7.89. The van der Waals surface area contributed by atoms with Crippen molar-refractivity contribution in [2.24, 2.45) is 4.99 Å². The highest BCUT2D eigenvalue weighted by atomic mass is 32.2. The van der Waals surface area contributed by atoms with Crippen LogP contribution in [-0.4, -0.2) is 92.5 Å². The normalized spacial score (nSPS) is 23.2. The monoisotopic (exact) mass is 505 g/mol. The van der Waals surface area contributed by atoms with Crippen LogP contribution in [0.1, 0.15) is 38.7 Å². The fourth-order valence-electron chi connectivity index (χ4n) is 4.65. The van der Waals surface area contributed by atoms with E-state index >= 15 is 0 Å². The number of amidine groups is 1. The minimum atomic E-state index is -3.75. The molecule has 10 nitrogen and oxygen atoms in total. The lowest BCUT2D eigenvalue weighted by Gasteiger charge is -2.33. The lowest BCUT2D eigenvalue weighted by molar-refractivity contribution is -0.121. The number of carbonyl (C=O) groups is 1. The number of piperazine rings is 1. The molecule has 3 aliphatic heterocycles. The van der Waals surface area contributed by atoms with Gasteiger partial charge in [0.25, 0.3) is 5.91 Å². The Morgan fingerprint density at radius 2 is 1.94 bits per heavy atom. The summed E-state index contributed by atoms with van der Waals surface area (Å²) in [4.78, 5) is 19.9. The van der Waals surface area contributed by atoms with Crippen LogP contribution < -0.4 is 15.4 Å². The summed E-state index contributed by atoms with van der Waals surface area (Å²) in [6.07, 6.45) is 4.42. The Morgan fingerprint density at radius 1 is 1.17 bits per heavy atom. The van der Waals surface area contributed by atoms with Gasteiger partial charge in [-0.15, -0.1) is 0 Å². The van der Waals surface area contributed by atoms with Crippen molar-refractivity contribution in [2.75, 3.05) is 45.9 Å². The number of aliphatic hydroxyl groups excluding tert-OH is 1. The van der Waals surface area contributed by atoms with E-state index in [0.29, 0.717) is 56.5 Å². The third-order valence-corrected chi connectivity index (χ3v) is 8.42. The van der Waals surface area contributed by atoms with E-state index in [4.69, 9.17) is 14.8 Å². The lowest BCUT2D eigenvalue weighted by atomic mass is 9.98. The second-order valence-electron chi connectivity index (χ2n) is 9.00. The Balaban J connectivity index is 1.67. The zero-order chi connectivity index (χ0) is 25.0. The first-order valence-corrected chi connectivity index (χ1v) is 13.8. The van der Waals surface area contributed by atoms with Crippen molar-refractivity contribution < 1.29 is 23.1 Å². The number of hydrogen-bond acceptors (Lipinski definition) is 8. The second-order valence-corrected chi connectivity index (χ2v) is 10.9. The number of rotatable bonds is 10. The first-order chi connectivity index (χ1) is 16.9. The summed E-state index contributed by atoms with van der Waals surface area (Å²) in [6, 6.07) is 3.99. The summed E-state index contributed by atoms with van der Waals surface area (Å²) >= 11 is 0. The molecule has 0 bridgehead atoms. The van der Waals surface area contributed by atoms with Crippen molar-refractivity contribution >= 4 is 21.8 Å². The van der Waals surface area contributed by atoms with E-state index < -0.39 is 16.1 Å². The van der Waals surface area contributed by atoms with E-state index in [9.17, 15) is 13.2 Å². The highest BCUT2D eigenvalue weighted by Crippen LogP contribution is 2.30.